The molecule has 0 saturated heterocycles. The van der Waals surface area contributed by atoms with Crippen LogP contribution >= 0.6 is 0 Å². The highest BCUT2D eigenvalue weighted by Crippen LogP contribution is 2.50. The summed E-state index contributed by atoms with van der Waals surface area (Å²) in [6.07, 6.45) is 19.1. The van der Waals surface area contributed by atoms with Crippen LogP contribution in [0.4, 0.5) is 0 Å². The Morgan fingerprint density at radius 1 is 0.264 bits per heavy atom. The highest BCUT2D eigenvalue weighted by atomic mass is 16.4. The number of furan rings is 5. The molecule has 0 spiro atoms. The molecule has 2 aliphatic rings. The Balaban J connectivity index is 0.000000103. The van der Waals surface area contributed by atoms with E-state index in [4.69, 9.17) is 30.3 Å². The van der Waals surface area contributed by atoms with Gasteiger partial charge in [0.2, 0.25) is 57.0 Å². The molecule has 2 aliphatic carbocycles. The SMILES string of the molecule is Cc1cc[n+](C)c(-c2c(C)c3ccccc3c3oc4nc(C)ccc4c23)c1.Cc1ccc2c(n1)oc1c3ccccc3c(C)c(-c3cccc[n+]3C)c21.[2H]C([2H])(C)c1cc[n+](C)c(-c2c(C)c3ccccc3c3oc4nc(C)ccc4c23)c1.[2H]C([2H])(c1cc[n+](C)c(-c2c(C)c3ccccc3c3oc4ncccc4c23)c1)C1CCCC1.[2H]C([2H])(c1cc[n+](C)c(-c2c(C)c3ccccc3c3oc4ncccc4c23)c1)C1CCCCC1. The van der Waals surface area contributed by atoms with E-state index in [-0.39, 0.29) is 11.8 Å². The van der Waals surface area contributed by atoms with Crippen molar-refractivity contribution in [3.63, 3.8) is 0 Å². The second-order valence-electron chi connectivity index (χ2n) is 39.4. The fourth-order valence-electron chi connectivity index (χ4n) is 22.8. The zero-order valence-corrected chi connectivity index (χ0v) is 84.2. The van der Waals surface area contributed by atoms with Gasteiger partial charge in [-0.05, 0) is 237 Å². The van der Waals surface area contributed by atoms with Crippen LogP contribution in [0.25, 0.3) is 220 Å². The number of pyridine rings is 10. The van der Waals surface area contributed by atoms with Crippen molar-refractivity contribution in [1.29, 1.82) is 0 Å². The molecule has 15 heteroatoms. The first kappa shape index (κ1) is 84.8. The lowest BCUT2D eigenvalue weighted by Crippen LogP contribution is -2.31. The topological polar surface area (TPSA) is 150 Å². The van der Waals surface area contributed by atoms with Crippen LogP contribution in [0, 0.1) is 74.1 Å². The summed E-state index contributed by atoms with van der Waals surface area (Å²) < 4.78 is 94.6. The molecule has 25 aromatic rings. The molecule has 0 radical (unpaired) electrons. The first-order valence-electron chi connectivity index (χ1n) is 53.3. The van der Waals surface area contributed by atoms with Crippen molar-refractivity contribution in [3.8, 4) is 56.3 Å². The Kier molecular flexibility index (Phi) is 22.3. The average molecular weight is 1900 g/mol. The van der Waals surface area contributed by atoms with Crippen LogP contribution < -0.4 is 22.8 Å². The Bertz CT molecular complexity index is 9800. The normalized spacial score (nSPS) is 14.1. The number of benzene rings is 10. The van der Waals surface area contributed by atoms with Crippen molar-refractivity contribution < 1.29 is 53.1 Å². The van der Waals surface area contributed by atoms with Crippen LogP contribution in [0.15, 0.2) is 314 Å². The molecular weight excluding hydrogens is 1770 g/mol. The van der Waals surface area contributed by atoms with E-state index in [0.717, 1.165) is 244 Å². The van der Waals surface area contributed by atoms with Crippen LogP contribution in [-0.4, -0.2) is 24.9 Å². The highest BCUT2D eigenvalue weighted by molar-refractivity contribution is 6.27. The minimum Gasteiger partial charge on any atom is -0.437 e. The number of aromatic nitrogens is 10. The summed E-state index contributed by atoms with van der Waals surface area (Å²) in [5.74, 6) is 0.146. The van der Waals surface area contributed by atoms with E-state index in [0.29, 0.717) is 34.1 Å². The van der Waals surface area contributed by atoms with Crippen molar-refractivity contribution in [2.75, 3.05) is 0 Å². The molecule has 144 heavy (non-hydrogen) atoms. The number of fused-ring (bicyclic) bond motifs is 25. The summed E-state index contributed by atoms with van der Waals surface area (Å²) in [7, 11) is 10.2. The maximum atomic E-state index is 9.07. The predicted molar refractivity (Wildman–Crippen MR) is 586 cm³/mol. The van der Waals surface area contributed by atoms with Crippen LogP contribution in [0.1, 0.15) is 140 Å². The molecule has 0 aliphatic heterocycles. The van der Waals surface area contributed by atoms with Crippen molar-refractivity contribution in [2.45, 2.75) is 146 Å². The molecule has 27 rings (SSSR count). The quantitative estimate of drug-likeness (QED) is 0.121. The smallest absolute Gasteiger partial charge is 0.227 e. The van der Waals surface area contributed by atoms with Crippen molar-refractivity contribution in [1.82, 2.24) is 24.9 Å². The zero-order chi connectivity index (χ0) is 104. The van der Waals surface area contributed by atoms with Gasteiger partial charge in [-0.15, -0.1) is 0 Å². The summed E-state index contributed by atoms with van der Waals surface area (Å²) >= 11 is 0. The van der Waals surface area contributed by atoms with Crippen molar-refractivity contribution in [3.05, 3.63) is 359 Å². The number of hydrogen-bond acceptors (Lipinski definition) is 10. The summed E-state index contributed by atoms with van der Waals surface area (Å²) in [6, 6.07) is 84.9. The summed E-state index contributed by atoms with van der Waals surface area (Å²) in [5.41, 5.74) is 30.9. The van der Waals surface area contributed by atoms with Gasteiger partial charge in [0.05, 0.1) is 27.8 Å². The maximum absolute atomic E-state index is 9.07. The van der Waals surface area contributed by atoms with Gasteiger partial charge in [-0.1, -0.05) is 186 Å². The van der Waals surface area contributed by atoms with E-state index >= 15 is 0 Å². The molecular formula is C129H119N10O5+5. The molecule has 15 aromatic heterocycles. The lowest BCUT2D eigenvalue weighted by atomic mass is 9.84. The number of hydrogen-bond donors (Lipinski definition) is 0. The molecule has 2 fully saturated rings. The van der Waals surface area contributed by atoms with Gasteiger partial charge in [-0.3, -0.25) is 0 Å². The van der Waals surface area contributed by atoms with Gasteiger partial charge in [-0.2, -0.15) is 0 Å². The van der Waals surface area contributed by atoms with Crippen LogP contribution in [0.3, 0.4) is 0 Å². The third-order valence-electron chi connectivity index (χ3n) is 30.1. The molecule has 0 bridgehead atoms. The largest absolute Gasteiger partial charge is 0.437 e. The minimum absolute atomic E-state index is 0.0680. The Labute approximate surface area is 845 Å². The number of aryl methyl sites for hydroxylation is 15. The molecule has 710 valence electrons. The van der Waals surface area contributed by atoms with Crippen molar-refractivity contribution >= 4 is 164 Å². The lowest BCUT2D eigenvalue weighted by Gasteiger charge is -2.21. The van der Waals surface area contributed by atoms with Crippen LogP contribution in [-0.2, 0) is 54.4 Å². The standard InChI is InChI=1S/C29H29N2O.C28H27N2O.C25H23N2O.C24H21N2O.C23H19N2O/c1-19-22-11-6-7-12-23(22)28-27(24-13-8-15-30-29(24)32-28)26(19)25-18-21(14-16-31(25)2)17-20-9-4-3-5-10-20;1-18-21-10-5-6-11-22(21)27-26(23-12-7-14-29-28(23)31-27)25(18)24-17-20(13-15-30(24)2)16-19-8-3-4-9-19;1-5-17-12-13-27(4)21(14-17)22-16(3)18-8-6-7-9-19(18)24-23(22)20-11-10-15(2)26-25(20)28-24;1-14-11-12-26(4)20(13-14)21-16(3)17-7-5-6-8-18(17)23-22(21)19-10-9-15(2)25-24(19)27-23;1-14-11-12-18-21-20(19-10-6-7-13-25(19)3)15(2)16-8-4-5-9-17(16)22(21)26-23(18)24-14/h6-8,11-16,18,20H,3-5,9-10,17H2,1-2H3;5-7,10-15,17,19H,3-4,8-9,16H2,1-2H3;6-14H,5H2,1-4H3;5-13H,1-4H3;4-13H,1-3H3/q5*+1/i17D2;16D2;5D2;;. The highest BCUT2D eigenvalue weighted by Gasteiger charge is 2.33. The maximum Gasteiger partial charge on any atom is 0.227 e. The van der Waals surface area contributed by atoms with E-state index in [1.165, 1.54) is 67.5 Å². The molecule has 0 atom stereocenters. The Hall–Kier alpha value is -16.0. The number of nitrogens with zero attached hydrogens (tertiary/aromatic N) is 10. The first-order chi connectivity index (χ1) is 72.4. The lowest BCUT2D eigenvalue weighted by molar-refractivity contribution is -0.660. The summed E-state index contributed by atoms with van der Waals surface area (Å²) in [5, 5.41) is 21.8. The third-order valence-corrected chi connectivity index (χ3v) is 30.1. The van der Waals surface area contributed by atoms with Gasteiger partial charge in [0.1, 0.15) is 63.2 Å². The Morgan fingerprint density at radius 2 is 0.535 bits per heavy atom. The third kappa shape index (κ3) is 16.3. The van der Waals surface area contributed by atoms with Crippen LogP contribution in [0.5, 0.6) is 0 Å². The van der Waals surface area contributed by atoms with E-state index in [2.05, 4.69) is 293 Å². The van der Waals surface area contributed by atoms with Gasteiger partial charge in [-0.25, -0.2) is 47.8 Å². The molecule has 10 aromatic carbocycles. The molecule has 15 nitrogen and oxygen atoms in total. The average Bonchev–Trinajstić information content (AvgIpc) is 1.56. The van der Waals surface area contributed by atoms with E-state index in [9.17, 15) is 0 Å². The molecule has 15 heterocycles. The fourth-order valence-corrected chi connectivity index (χ4v) is 22.8. The van der Waals surface area contributed by atoms with Gasteiger partial charge in [0.25, 0.3) is 0 Å². The summed E-state index contributed by atoms with van der Waals surface area (Å²) in [6.45, 7) is 20.5. The molecule has 0 N–H and O–H groups in total. The molecule has 0 unspecified atom stereocenters. The summed E-state index contributed by atoms with van der Waals surface area (Å²) in [4.78, 5) is 22.9. The van der Waals surface area contributed by atoms with E-state index in [1.54, 1.807) is 19.3 Å². The van der Waals surface area contributed by atoms with E-state index in [1.807, 2.05) is 132 Å². The van der Waals surface area contributed by atoms with Crippen LogP contribution in [0.2, 0.25) is 0 Å². The van der Waals surface area contributed by atoms with E-state index < -0.39 is 19.1 Å². The van der Waals surface area contributed by atoms with Gasteiger partial charge in [0.15, 0.2) is 31.0 Å². The second-order valence-corrected chi connectivity index (χ2v) is 39.4. The Morgan fingerprint density at radius 3 is 0.875 bits per heavy atom. The fraction of sp³-hybridized carbons (Fsp3) is 0.225. The molecule has 0 amide bonds. The monoisotopic (exact) mass is 1890 g/mol. The number of rotatable bonds is 10. The van der Waals surface area contributed by atoms with Gasteiger partial charge < -0.3 is 22.1 Å². The zero-order valence-electron chi connectivity index (χ0n) is 90.2. The van der Waals surface area contributed by atoms with Gasteiger partial charge >= 0.3 is 0 Å². The molecule has 2 saturated carbocycles. The predicted octanol–water partition coefficient (Wildman–Crippen LogP) is 30.3. The van der Waals surface area contributed by atoms with Gasteiger partial charge in [0, 0.05) is 179 Å². The second kappa shape index (κ2) is 37.8. The van der Waals surface area contributed by atoms with Crippen molar-refractivity contribution in [2.24, 2.45) is 47.1 Å². The minimum atomic E-state index is -1.43. The first-order valence-corrected chi connectivity index (χ1v) is 50.3.